The lowest BCUT2D eigenvalue weighted by Crippen LogP contribution is -2.49. The summed E-state index contributed by atoms with van der Waals surface area (Å²) in [6, 6.07) is 4.11. The smallest absolute Gasteiger partial charge is 0.254 e. The minimum absolute atomic E-state index is 0.165. The summed E-state index contributed by atoms with van der Waals surface area (Å²) < 4.78 is 0. The van der Waals surface area contributed by atoms with E-state index in [1.807, 2.05) is 12.1 Å². The van der Waals surface area contributed by atoms with Gasteiger partial charge in [-0.3, -0.25) is 9.78 Å². The van der Waals surface area contributed by atoms with E-state index in [0.29, 0.717) is 12.6 Å². The van der Waals surface area contributed by atoms with Crippen LogP contribution < -0.4 is 5.73 Å². The van der Waals surface area contributed by atoms with E-state index in [2.05, 4.69) is 9.88 Å². The van der Waals surface area contributed by atoms with Crippen LogP contribution in [0.15, 0.2) is 18.3 Å². The summed E-state index contributed by atoms with van der Waals surface area (Å²) in [5, 5.41) is 0. The lowest BCUT2D eigenvalue weighted by Gasteiger charge is -2.44. The molecule has 1 amide bonds. The number of rotatable bonds is 2. The van der Waals surface area contributed by atoms with Crippen molar-refractivity contribution in [3.63, 3.8) is 0 Å². The molecule has 0 spiro atoms. The highest BCUT2D eigenvalue weighted by atomic mass is 16.2. The Labute approximate surface area is 120 Å². The molecular formula is C16H23N3O. The maximum Gasteiger partial charge on any atom is 0.254 e. The zero-order valence-electron chi connectivity index (χ0n) is 11.9. The van der Waals surface area contributed by atoms with E-state index in [4.69, 9.17) is 5.73 Å². The van der Waals surface area contributed by atoms with Gasteiger partial charge in [0.05, 0.1) is 5.69 Å². The summed E-state index contributed by atoms with van der Waals surface area (Å²) in [5.41, 5.74) is 7.14. The Morgan fingerprint density at radius 3 is 2.95 bits per heavy atom. The first-order valence-electron chi connectivity index (χ1n) is 7.75. The number of likely N-dealkylation sites (tertiary alicyclic amines) is 1. The van der Waals surface area contributed by atoms with Crippen molar-refractivity contribution < 1.29 is 4.79 Å². The van der Waals surface area contributed by atoms with Crippen LogP contribution in [0.1, 0.15) is 54.6 Å². The molecule has 2 N–H and O–H groups in total. The van der Waals surface area contributed by atoms with E-state index in [1.165, 1.54) is 32.1 Å². The molecule has 1 aromatic rings. The number of nitrogens with two attached hydrogens (primary N) is 1. The second-order valence-corrected chi connectivity index (χ2v) is 5.99. The second-order valence-electron chi connectivity index (χ2n) is 5.99. The van der Waals surface area contributed by atoms with E-state index >= 15 is 0 Å². The Balaban J connectivity index is 1.81. The molecule has 1 aromatic heterocycles. The van der Waals surface area contributed by atoms with Crippen molar-refractivity contribution in [3.8, 4) is 0 Å². The van der Waals surface area contributed by atoms with Gasteiger partial charge in [-0.25, -0.2) is 0 Å². The molecule has 4 nitrogen and oxygen atoms in total. The van der Waals surface area contributed by atoms with Crippen molar-refractivity contribution in [1.29, 1.82) is 0 Å². The van der Waals surface area contributed by atoms with Crippen molar-refractivity contribution in [2.24, 2.45) is 11.7 Å². The molecule has 2 aliphatic rings. The third-order valence-electron chi connectivity index (χ3n) is 4.78. The number of carbonyl (C=O) groups excluding carboxylic acids is 1. The Kier molecular flexibility index (Phi) is 4.01. The molecule has 1 aliphatic carbocycles. The molecular weight excluding hydrogens is 250 g/mol. The minimum Gasteiger partial charge on any atom is -0.335 e. The third kappa shape index (κ3) is 2.57. The van der Waals surface area contributed by atoms with Crippen LogP contribution in [0.4, 0.5) is 0 Å². The van der Waals surface area contributed by atoms with Gasteiger partial charge in [-0.05, 0) is 43.7 Å². The molecule has 2 atom stereocenters. The zero-order valence-corrected chi connectivity index (χ0v) is 11.9. The fourth-order valence-corrected chi connectivity index (χ4v) is 3.77. The van der Waals surface area contributed by atoms with Crippen LogP contribution >= 0.6 is 0 Å². The molecule has 3 rings (SSSR count). The maximum absolute atomic E-state index is 12.8. The average Bonchev–Trinajstić information content (AvgIpc) is 2.53. The number of hydrogen-bond acceptors (Lipinski definition) is 3. The van der Waals surface area contributed by atoms with Gasteiger partial charge in [0.15, 0.2) is 0 Å². The fraction of sp³-hybridized carbons (Fsp3) is 0.625. The van der Waals surface area contributed by atoms with E-state index in [0.717, 1.165) is 30.1 Å². The lowest BCUT2D eigenvalue weighted by molar-refractivity contribution is 0.0390. The summed E-state index contributed by atoms with van der Waals surface area (Å²) in [5.74, 6) is 0.885. The first-order valence-corrected chi connectivity index (χ1v) is 7.75. The number of carbonyl (C=O) groups is 1. The monoisotopic (exact) mass is 273 g/mol. The molecule has 2 heterocycles. The van der Waals surface area contributed by atoms with Crippen LogP contribution in [0.5, 0.6) is 0 Å². The largest absolute Gasteiger partial charge is 0.335 e. The molecule has 20 heavy (non-hydrogen) atoms. The zero-order chi connectivity index (χ0) is 13.9. The van der Waals surface area contributed by atoms with Crippen LogP contribution in [-0.2, 0) is 6.54 Å². The molecule has 1 saturated carbocycles. The maximum atomic E-state index is 12.8. The highest BCUT2D eigenvalue weighted by Gasteiger charge is 2.35. The van der Waals surface area contributed by atoms with Crippen LogP contribution in [0.2, 0.25) is 0 Å². The van der Waals surface area contributed by atoms with Gasteiger partial charge in [0.25, 0.3) is 5.91 Å². The van der Waals surface area contributed by atoms with Crippen molar-refractivity contribution in [2.75, 3.05) is 6.54 Å². The molecule has 0 radical (unpaired) electrons. The third-order valence-corrected chi connectivity index (χ3v) is 4.78. The standard InChI is InChI=1S/C16H23N3O/c17-11-14-10-13(7-8-18-14)16(20)19-9-3-5-12-4-1-2-6-15(12)19/h7-8,10,12,15H,1-6,9,11,17H2. The molecule has 4 heteroatoms. The Hall–Kier alpha value is -1.42. The number of piperidine rings is 1. The summed E-state index contributed by atoms with van der Waals surface area (Å²) >= 11 is 0. The summed E-state index contributed by atoms with van der Waals surface area (Å²) in [6.45, 7) is 1.29. The molecule has 0 bridgehead atoms. The van der Waals surface area contributed by atoms with Gasteiger partial charge in [-0.2, -0.15) is 0 Å². The molecule has 2 fully saturated rings. The Morgan fingerprint density at radius 2 is 2.10 bits per heavy atom. The summed E-state index contributed by atoms with van der Waals surface area (Å²) in [4.78, 5) is 19.1. The highest BCUT2D eigenvalue weighted by molar-refractivity contribution is 5.94. The molecule has 0 aromatic carbocycles. The van der Waals surface area contributed by atoms with E-state index in [9.17, 15) is 4.79 Å². The Bertz CT molecular complexity index is 486. The molecule has 1 saturated heterocycles. The molecule has 1 aliphatic heterocycles. The minimum atomic E-state index is 0.165. The number of nitrogens with zero attached hydrogens (tertiary/aromatic N) is 2. The quantitative estimate of drug-likeness (QED) is 0.899. The number of pyridine rings is 1. The van der Waals surface area contributed by atoms with Gasteiger partial charge in [0.2, 0.25) is 0 Å². The first-order chi connectivity index (χ1) is 9.79. The van der Waals surface area contributed by atoms with Crippen molar-refractivity contribution in [2.45, 2.75) is 51.1 Å². The number of hydrogen-bond donors (Lipinski definition) is 1. The van der Waals surface area contributed by atoms with E-state index in [-0.39, 0.29) is 5.91 Å². The molecule has 2 unspecified atom stereocenters. The van der Waals surface area contributed by atoms with E-state index in [1.54, 1.807) is 6.20 Å². The lowest BCUT2D eigenvalue weighted by atomic mass is 9.78. The van der Waals surface area contributed by atoms with Gasteiger partial charge in [-0.1, -0.05) is 12.8 Å². The summed E-state index contributed by atoms with van der Waals surface area (Å²) in [6.07, 6.45) is 9.17. The van der Waals surface area contributed by atoms with Crippen molar-refractivity contribution in [3.05, 3.63) is 29.6 Å². The van der Waals surface area contributed by atoms with Crippen LogP contribution in [0.3, 0.4) is 0 Å². The van der Waals surface area contributed by atoms with Crippen molar-refractivity contribution >= 4 is 5.91 Å². The van der Waals surface area contributed by atoms with Gasteiger partial charge < -0.3 is 10.6 Å². The van der Waals surface area contributed by atoms with E-state index < -0.39 is 0 Å². The van der Waals surface area contributed by atoms with Crippen LogP contribution in [0, 0.1) is 5.92 Å². The fourth-order valence-electron chi connectivity index (χ4n) is 3.77. The predicted molar refractivity (Wildman–Crippen MR) is 78.1 cm³/mol. The van der Waals surface area contributed by atoms with Gasteiger partial charge in [-0.15, -0.1) is 0 Å². The number of aromatic nitrogens is 1. The Morgan fingerprint density at radius 1 is 1.30 bits per heavy atom. The molecule has 108 valence electrons. The topological polar surface area (TPSA) is 59.2 Å². The van der Waals surface area contributed by atoms with Crippen LogP contribution in [0.25, 0.3) is 0 Å². The van der Waals surface area contributed by atoms with Crippen LogP contribution in [-0.4, -0.2) is 28.4 Å². The number of amides is 1. The van der Waals surface area contributed by atoms with Gasteiger partial charge in [0.1, 0.15) is 0 Å². The average molecular weight is 273 g/mol. The van der Waals surface area contributed by atoms with Gasteiger partial charge in [0, 0.05) is 30.9 Å². The SMILES string of the molecule is NCc1cc(C(=O)N2CCCC3CCCCC32)ccn1. The first kappa shape index (κ1) is 13.6. The van der Waals surface area contributed by atoms with Crippen molar-refractivity contribution in [1.82, 2.24) is 9.88 Å². The normalized spacial score (nSPS) is 26.1. The number of fused-ring (bicyclic) bond motifs is 1. The summed E-state index contributed by atoms with van der Waals surface area (Å²) in [7, 11) is 0. The second kappa shape index (κ2) is 5.92. The highest BCUT2D eigenvalue weighted by Crippen LogP contribution is 2.35. The predicted octanol–water partition coefficient (Wildman–Crippen LogP) is 2.34. The van der Waals surface area contributed by atoms with Gasteiger partial charge >= 0.3 is 0 Å².